The van der Waals surface area contributed by atoms with Crippen molar-refractivity contribution in [2.24, 2.45) is 7.05 Å². The van der Waals surface area contributed by atoms with Crippen molar-refractivity contribution in [3.05, 3.63) is 23.0 Å². The summed E-state index contributed by atoms with van der Waals surface area (Å²) in [6.45, 7) is 1.60. The highest BCUT2D eigenvalue weighted by atomic mass is 16.1. The largest absolute Gasteiger partial charge is 0.287 e. The van der Waals surface area contributed by atoms with E-state index in [0.29, 0.717) is 5.57 Å². The molecule has 1 heterocycles. The van der Waals surface area contributed by atoms with Gasteiger partial charge in [-0.25, -0.2) is 0 Å². The molecule has 0 radical (unpaired) electrons. The molecular weight excluding hydrogens is 170 g/mol. The molecule has 0 saturated heterocycles. The van der Waals surface area contributed by atoms with Crippen LogP contribution in [0.15, 0.2) is 11.6 Å². The van der Waals surface area contributed by atoms with Gasteiger partial charge in [0, 0.05) is 12.6 Å². The predicted octanol–water partition coefficient (Wildman–Crippen LogP) is 0.140. The third-order valence-corrected chi connectivity index (χ3v) is 1.87. The van der Waals surface area contributed by atoms with Crippen LogP contribution in [0.5, 0.6) is 0 Å². The quantitative estimate of drug-likeness (QED) is 0.565. The molecule has 66 valence electrons. The van der Waals surface area contributed by atoms with Crippen molar-refractivity contribution in [3.63, 3.8) is 0 Å². The molecule has 13 heavy (non-hydrogen) atoms. The van der Waals surface area contributed by atoms with Crippen LogP contribution < -0.4 is 0 Å². The third kappa shape index (κ3) is 1.00. The molecule has 0 amide bonds. The third-order valence-electron chi connectivity index (χ3n) is 1.87. The molecular formula is C8H7N3O2. The summed E-state index contributed by atoms with van der Waals surface area (Å²) in [5, 5.41) is 7.64. The van der Waals surface area contributed by atoms with E-state index in [-0.39, 0.29) is 23.0 Å². The summed E-state index contributed by atoms with van der Waals surface area (Å²) in [4.78, 5) is 24.0. The number of nitrogens with zero attached hydrogens (tertiary/aromatic N) is 3. The second-order valence-electron chi connectivity index (χ2n) is 2.91. The fraction of sp³-hybridized carbons (Fsp3) is 0.250. The number of Topliss-reactive ketones (excluding diaryl/α,β-unsaturated/α-hetero) is 1. The minimum Gasteiger partial charge on any atom is -0.287 e. The van der Waals surface area contributed by atoms with Crippen molar-refractivity contribution in [1.29, 1.82) is 0 Å². The van der Waals surface area contributed by atoms with Gasteiger partial charge in [0.05, 0.1) is 0 Å². The Bertz CT molecular complexity index is 442. The molecule has 0 saturated carbocycles. The van der Waals surface area contributed by atoms with Crippen LogP contribution in [0.1, 0.15) is 27.9 Å². The molecule has 0 aromatic carbocycles. The molecule has 1 aromatic heterocycles. The summed E-state index contributed by atoms with van der Waals surface area (Å²) in [5.41, 5.74) is 0.726. The Hall–Kier alpha value is -1.78. The van der Waals surface area contributed by atoms with Crippen molar-refractivity contribution >= 4 is 11.6 Å². The zero-order valence-corrected chi connectivity index (χ0v) is 7.24. The SMILES string of the molecule is CC1=CC(=O)c2nn(C)nc2C1=O. The van der Waals surface area contributed by atoms with E-state index in [0.717, 1.165) is 0 Å². The van der Waals surface area contributed by atoms with Gasteiger partial charge in [-0.3, -0.25) is 9.59 Å². The monoisotopic (exact) mass is 177 g/mol. The van der Waals surface area contributed by atoms with Gasteiger partial charge >= 0.3 is 0 Å². The number of hydrogen-bond donors (Lipinski definition) is 0. The first-order valence-electron chi connectivity index (χ1n) is 3.78. The van der Waals surface area contributed by atoms with Crippen LogP contribution in [-0.4, -0.2) is 26.6 Å². The van der Waals surface area contributed by atoms with Crippen LogP contribution in [0, 0.1) is 0 Å². The van der Waals surface area contributed by atoms with Crippen molar-refractivity contribution in [2.45, 2.75) is 6.92 Å². The normalized spacial score (nSPS) is 15.7. The molecule has 0 unspecified atom stereocenters. The maximum absolute atomic E-state index is 11.4. The van der Waals surface area contributed by atoms with E-state index in [1.54, 1.807) is 14.0 Å². The van der Waals surface area contributed by atoms with E-state index >= 15 is 0 Å². The van der Waals surface area contributed by atoms with Gasteiger partial charge in [0.15, 0.2) is 11.4 Å². The molecule has 0 fully saturated rings. The molecule has 1 aliphatic rings. The number of aryl methyl sites for hydroxylation is 1. The van der Waals surface area contributed by atoms with Gasteiger partial charge in [0.25, 0.3) is 0 Å². The van der Waals surface area contributed by atoms with E-state index in [1.807, 2.05) is 0 Å². The van der Waals surface area contributed by atoms with Gasteiger partial charge in [0.1, 0.15) is 0 Å². The maximum atomic E-state index is 11.4. The Morgan fingerprint density at radius 1 is 1.23 bits per heavy atom. The van der Waals surface area contributed by atoms with Crippen LogP contribution in [-0.2, 0) is 7.05 Å². The zero-order valence-electron chi connectivity index (χ0n) is 7.24. The fourth-order valence-corrected chi connectivity index (χ4v) is 1.24. The summed E-state index contributed by atoms with van der Waals surface area (Å²) in [7, 11) is 1.58. The van der Waals surface area contributed by atoms with Crippen molar-refractivity contribution < 1.29 is 9.59 Å². The van der Waals surface area contributed by atoms with Gasteiger partial charge in [-0.15, -0.1) is 10.2 Å². The van der Waals surface area contributed by atoms with Gasteiger partial charge in [0.2, 0.25) is 11.6 Å². The maximum Gasteiger partial charge on any atom is 0.211 e. The lowest BCUT2D eigenvalue weighted by Crippen LogP contribution is -2.15. The minimum atomic E-state index is -0.250. The van der Waals surface area contributed by atoms with Crippen LogP contribution in [0.25, 0.3) is 0 Å². The highest BCUT2D eigenvalue weighted by Gasteiger charge is 2.27. The van der Waals surface area contributed by atoms with Crippen molar-refractivity contribution in [3.8, 4) is 0 Å². The summed E-state index contributed by atoms with van der Waals surface area (Å²) in [6.07, 6.45) is 1.29. The lowest BCUT2D eigenvalue weighted by atomic mass is 9.99. The van der Waals surface area contributed by atoms with Crippen molar-refractivity contribution in [1.82, 2.24) is 15.0 Å². The highest BCUT2D eigenvalue weighted by molar-refractivity contribution is 6.22. The Balaban J connectivity index is 2.67. The predicted molar refractivity (Wildman–Crippen MR) is 43.4 cm³/mol. The number of carbonyl (C=O) groups is 2. The lowest BCUT2D eigenvalue weighted by Gasteiger charge is -2.03. The summed E-state index contributed by atoms with van der Waals surface area (Å²) >= 11 is 0. The fourth-order valence-electron chi connectivity index (χ4n) is 1.24. The standard InChI is InChI=1S/C8H7N3O2/c1-4-3-5(12)6-7(8(4)13)10-11(2)9-6/h3H,1-2H3. The minimum absolute atomic E-state index is 0.151. The van der Waals surface area contributed by atoms with Crippen LogP contribution in [0.2, 0.25) is 0 Å². The molecule has 2 rings (SSSR count). The van der Waals surface area contributed by atoms with Crippen LogP contribution in [0.3, 0.4) is 0 Å². The molecule has 0 atom stereocenters. The Labute approximate surface area is 74.0 Å². The van der Waals surface area contributed by atoms with Crippen molar-refractivity contribution in [2.75, 3.05) is 0 Å². The van der Waals surface area contributed by atoms with E-state index in [4.69, 9.17) is 0 Å². The van der Waals surface area contributed by atoms with Crippen LogP contribution >= 0.6 is 0 Å². The van der Waals surface area contributed by atoms with E-state index in [9.17, 15) is 9.59 Å². The Kier molecular flexibility index (Phi) is 1.42. The average molecular weight is 177 g/mol. The van der Waals surface area contributed by atoms with Gasteiger partial charge < -0.3 is 0 Å². The second-order valence-corrected chi connectivity index (χ2v) is 2.91. The molecule has 0 spiro atoms. The van der Waals surface area contributed by atoms with Crippen LogP contribution in [0.4, 0.5) is 0 Å². The van der Waals surface area contributed by atoms with Gasteiger partial charge in [-0.2, -0.15) is 4.80 Å². The molecule has 0 bridgehead atoms. The number of hydrogen-bond acceptors (Lipinski definition) is 4. The molecule has 1 aliphatic carbocycles. The second kappa shape index (κ2) is 2.35. The first-order valence-corrected chi connectivity index (χ1v) is 3.78. The lowest BCUT2D eigenvalue weighted by molar-refractivity contribution is 0.0979. The molecule has 1 aromatic rings. The first-order chi connectivity index (χ1) is 6.09. The Morgan fingerprint density at radius 2 is 1.85 bits per heavy atom. The van der Waals surface area contributed by atoms with E-state index in [1.165, 1.54) is 10.9 Å². The van der Waals surface area contributed by atoms with E-state index < -0.39 is 0 Å². The topological polar surface area (TPSA) is 64.8 Å². The summed E-state index contributed by atoms with van der Waals surface area (Å²) in [5.74, 6) is -0.470. The number of allylic oxidation sites excluding steroid dienone is 2. The average Bonchev–Trinajstić information content (AvgIpc) is 2.44. The summed E-state index contributed by atoms with van der Waals surface area (Å²) in [6, 6.07) is 0. The number of aromatic nitrogens is 3. The first kappa shape index (κ1) is 7.85. The number of fused-ring (bicyclic) bond motifs is 1. The summed E-state index contributed by atoms with van der Waals surface area (Å²) < 4.78 is 0. The Morgan fingerprint density at radius 3 is 2.54 bits per heavy atom. The molecule has 0 N–H and O–H groups in total. The molecule has 5 heteroatoms. The number of rotatable bonds is 0. The smallest absolute Gasteiger partial charge is 0.211 e. The number of carbonyl (C=O) groups excluding carboxylic acids is 2. The van der Waals surface area contributed by atoms with Gasteiger partial charge in [-0.05, 0) is 13.0 Å². The van der Waals surface area contributed by atoms with E-state index in [2.05, 4.69) is 10.2 Å². The molecule has 5 nitrogen and oxygen atoms in total. The zero-order chi connectivity index (χ0) is 9.59. The highest BCUT2D eigenvalue weighted by Crippen LogP contribution is 2.16. The molecule has 0 aliphatic heterocycles. The number of ketones is 2. The van der Waals surface area contributed by atoms with Gasteiger partial charge in [-0.1, -0.05) is 0 Å².